The number of ether oxygens (including phenoxy) is 2. The Kier molecular flexibility index (Phi) is 6.38. The minimum atomic E-state index is -0.537. The second-order valence-corrected chi connectivity index (χ2v) is 6.00. The first kappa shape index (κ1) is 19.5. The van der Waals surface area contributed by atoms with E-state index in [1.165, 1.54) is 0 Å². The Morgan fingerprint density at radius 1 is 1.12 bits per heavy atom. The third-order valence-corrected chi connectivity index (χ3v) is 4.32. The van der Waals surface area contributed by atoms with Crippen LogP contribution in [0.15, 0.2) is 29.5 Å². The number of urea groups is 1. The van der Waals surface area contributed by atoms with Crippen LogP contribution in [-0.4, -0.2) is 37.2 Å². The average molecular weight is 360 g/mol. The lowest BCUT2D eigenvalue weighted by Crippen LogP contribution is -2.51. The molecule has 2 rings (SSSR count). The van der Waals surface area contributed by atoms with Crippen molar-refractivity contribution in [3.8, 4) is 0 Å². The number of hydrogen-bond acceptors (Lipinski definition) is 5. The van der Waals surface area contributed by atoms with Crippen LogP contribution in [0.2, 0.25) is 0 Å². The molecule has 0 saturated carbocycles. The fourth-order valence-electron chi connectivity index (χ4n) is 2.76. The molecule has 7 nitrogen and oxygen atoms in total. The van der Waals surface area contributed by atoms with Gasteiger partial charge >= 0.3 is 18.0 Å². The molecule has 0 radical (unpaired) electrons. The normalized spacial score (nSPS) is 16.6. The Morgan fingerprint density at radius 2 is 1.85 bits per heavy atom. The Morgan fingerprint density at radius 3 is 2.50 bits per heavy atom. The van der Waals surface area contributed by atoms with Crippen LogP contribution in [0.4, 0.5) is 4.79 Å². The molecule has 1 heterocycles. The van der Waals surface area contributed by atoms with Crippen molar-refractivity contribution in [2.45, 2.75) is 40.2 Å². The van der Waals surface area contributed by atoms with E-state index in [-0.39, 0.29) is 24.5 Å². The van der Waals surface area contributed by atoms with Crippen LogP contribution in [0.1, 0.15) is 41.8 Å². The van der Waals surface area contributed by atoms with Crippen LogP contribution in [0.3, 0.4) is 0 Å². The molecule has 0 unspecified atom stereocenters. The lowest BCUT2D eigenvalue weighted by Gasteiger charge is -2.28. The molecule has 140 valence electrons. The number of carbonyl (C=O) groups excluding carboxylic acids is 3. The molecule has 0 spiro atoms. The smallest absolute Gasteiger partial charge is 0.338 e. The number of benzene rings is 1. The molecular weight excluding hydrogens is 336 g/mol. The summed E-state index contributed by atoms with van der Waals surface area (Å²) in [5, 5.41) is 5.23. The van der Waals surface area contributed by atoms with Gasteiger partial charge < -0.3 is 20.1 Å². The molecule has 0 aromatic heterocycles. The van der Waals surface area contributed by atoms with E-state index in [4.69, 9.17) is 9.47 Å². The van der Waals surface area contributed by atoms with Crippen LogP contribution in [0.5, 0.6) is 0 Å². The van der Waals surface area contributed by atoms with Crippen molar-refractivity contribution < 1.29 is 23.9 Å². The summed E-state index contributed by atoms with van der Waals surface area (Å²) in [5.74, 6) is -1.05. The topological polar surface area (TPSA) is 93.7 Å². The molecule has 2 amide bonds. The highest BCUT2D eigenvalue weighted by Gasteiger charge is 2.32. The van der Waals surface area contributed by atoms with E-state index in [0.717, 1.165) is 11.1 Å². The zero-order valence-corrected chi connectivity index (χ0v) is 15.5. The van der Waals surface area contributed by atoms with Gasteiger partial charge in [-0.1, -0.05) is 19.1 Å². The van der Waals surface area contributed by atoms with Crippen molar-refractivity contribution in [3.05, 3.63) is 46.2 Å². The van der Waals surface area contributed by atoms with Gasteiger partial charge in [0.15, 0.2) is 0 Å². The highest BCUT2D eigenvalue weighted by atomic mass is 16.5. The highest BCUT2D eigenvalue weighted by molar-refractivity contribution is 5.95. The van der Waals surface area contributed by atoms with Crippen molar-refractivity contribution >= 4 is 18.0 Å². The van der Waals surface area contributed by atoms with Gasteiger partial charge in [0.2, 0.25) is 0 Å². The average Bonchev–Trinajstić information content (AvgIpc) is 2.61. The Hall–Kier alpha value is -2.83. The monoisotopic (exact) mass is 360 g/mol. The lowest BCUT2D eigenvalue weighted by atomic mass is 10.0. The quantitative estimate of drug-likeness (QED) is 0.760. The maximum absolute atomic E-state index is 12.4. The van der Waals surface area contributed by atoms with E-state index in [0.29, 0.717) is 12.0 Å². The Bertz CT molecular complexity index is 754. The highest BCUT2D eigenvalue weighted by Crippen LogP contribution is 2.19. The van der Waals surface area contributed by atoms with E-state index in [1.807, 2.05) is 26.8 Å². The van der Waals surface area contributed by atoms with Crippen LogP contribution in [0.25, 0.3) is 0 Å². The number of hydrogen-bond donors (Lipinski definition) is 2. The molecule has 1 atom stereocenters. The van der Waals surface area contributed by atoms with Gasteiger partial charge in [-0.25, -0.2) is 14.4 Å². The third-order valence-electron chi connectivity index (χ3n) is 4.32. The molecule has 1 aliphatic heterocycles. The molecule has 0 aliphatic carbocycles. The number of esters is 2. The predicted octanol–water partition coefficient (Wildman–Crippen LogP) is 2.37. The summed E-state index contributed by atoms with van der Waals surface area (Å²) < 4.78 is 10.4. The minimum absolute atomic E-state index is 0.211. The van der Waals surface area contributed by atoms with Gasteiger partial charge in [-0.2, -0.15) is 0 Å². The molecule has 0 bridgehead atoms. The second-order valence-electron chi connectivity index (χ2n) is 6.00. The van der Waals surface area contributed by atoms with Crippen LogP contribution in [-0.2, 0) is 14.3 Å². The van der Waals surface area contributed by atoms with E-state index in [2.05, 4.69) is 10.6 Å². The van der Waals surface area contributed by atoms with E-state index in [1.54, 1.807) is 19.1 Å². The molecular formula is C19H24N2O5. The van der Waals surface area contributed by atoms with Crippen LogP contribution >= 0.6 is 0 Å². The van der Waals surface area contributed by atoms with Crippen LogP contribution in [0, 0.1) is 13.8 Å². The molecule has 1 aliphatic rings. The first-order valence-electron chi connectivity index (χ1n) is 8.60. The third kappa shape index (κ3) is 4.22. The zero-order valence-electron chi connectivity index (χ0n) is 15.5. The summed E-state index contributed by atoms with van der Waals surface area (Å²) in [6, 6.07) is 4.44. The summed E-state index contributed by atoms with van der Waals surface area (Å²) in [4.78, 5) is 36.5. The summed E-state index contributed by atoms with van der Waals surface area (Å²) in [7, 11) is 0. The van der Waals surface area contributed by atoms with Crippen molar-refractivity contribution in [1.29, 1.82) is 0 Å². The first-order valence-corrected chi connectivity index (χ1v) is 8.60. The van der Waals surface area contributed by atoms with E-state index in [9.17, 15) is 14.4 Å². The predicted molar refractivity (Wildman–Crippen MR) is 95.6 cm³/mol. The van der Waals surface area contributed by atoms with Crippen molar-refractivity contribution in [1.82, 2.24) is 10.6 Å². The largest absolute Gasteiger partial charge is 0.463 e. The number of carbonyl (C=O) groups is 3. The number of amides is 2. The summed E-state index contributed by atoms with van der Waals surface area (Å²) in [6.45, 7) is 7.29. The van der Waals surface area contributed by atoms with Gasteiger partial charge in [-0.15, -0.1) is 0 Å². The van der Waals surface area contributed by atoms with Gasteiger partial charge in [0.05, 0.1) is 29.5 Å². The Balaban J connectivity index is 2.25. The maximum atomic E-state index is 12.4. The standard InChI is InChI=1S/C19H24N2O5/c1-5-14-16(18(23)25-6-2)15(21-19(24)20-14)10-26-17(22)13-9-7-8-11(3)12(13)4/h7-9,14H,5-6,10H2,1-4H3,(H2,20,21,24)/t14-/m1/s1. The SMILES string of the molecule is CCOC(=O)C1=C(COC(=O)c2cccc(C)c2C)NC(=O)N[C@@H]1CC. The molecule has 0 fully saturated rings. The molecule has 0 saturated heterocycles. The van der Waals surface area contributed by atoms with E-state index < -0.39 is 24.0 Å². The van der Waals surface area contributed by atoms with Crippen LogP contribution < -0.4 is 10.6 Å². The van der Waals surface area contributed by atoms with Crippen molar-refractivity contribution in [2.24, 2.45) is 0 Å². The molecule has 7 heteroatoms. The second kappa shape index (κ2) is 8.51. The number of nitrogens with one attached hydrogen (secondary N) is 2. The van der Waals surface area contributed by atoms with Crippen molar-refractivity contribution in [2.75, 3.05) is 13.2 Å². The first-order chi connectivity index (χ1) is 12.4. The molecule has 1 aromatic rings. The van der Waals surface area contributed by atoms with Gasteiger partial charge in [0.25, 0.3) is 0 Å². The lowest BCUT2D eigenvalue weighted by molar-refractivity contribution is -0.139. The maximum Gasteiger partial charge on any atom is 0.338 e. The van der Waals surface area contributed by atoms with Gasteiger partial charge in [-0.05, 0) is 44.4 Å². The molecule has 1 aromatic carbocycles. The minimum Gasteiger partial charge on any atom is -0.463 e. The van der Waals surface area contributed by atoms with Gasteiger partial charge in [0.1, 0.15) is 6.61 Å². The van der Waals surface area contributed by atoms with Gasteiger partial charge in [-0.3, -0.25) is 0 Å². The fourth-order valence-corrected chi connectivity index (χ4v) is 2.76. The molecule has 26 heavy (non-hydrogen) atoms. The Labute approximate surface area is 152 Å². The summed E-state index contributed by atoms with van der Waals surface area (Å²) >= 11 is 0. The number of rotatable bonds is 6. The fraction of sp³-hybridized carbons (Fsp3) is 0.421. The summed E-state index contributed by atoms with van der Waals surface area (Å²) in [5.41, 5.74) is 2.79. The van der Waals surface area contributed by atoms with Crippen molar-refractivity contribution in [3.63, 3.8) is 0 Å². The molecule has 2 N–H and O–H groups in total. The van der Waals surface area contributed by atoms with E-state index >= 15 is 0 Å². The van der Waals surface area contributed by atoms with Gasteiger partial charge in [0, 0.05) is 0 Å². The zero-order chi connectivity index (χ0) is 19.3. The summed E-state index contributed by atoms with van der Waals surface area (Å²) in [6.07, 6.45) is 0.510. The number of aryl methyl sites for hydroxylation is 1.